The minimum Gasteiger partial charge on any atom is -0.491 e. The van der Waals surface area contributed by atoms with Gasteiger partial charge in [-0.15, -0.1) is 0 Å². The molecule has 2 saturated heterocycles. The van der Waals surface area contributed by atoms with Crippen molar-refractivity contribution in [2.45, 2.75) is 12.5 Å². The Morgan fingerprint density at radius 2 is 1.89 bits per heavy atom. The van der Waals surface area contributed by atoms with Crippen molar-refractivity contribution in [3.05, 3.63) is 29.8 Å². The number of amides is 2. The SMILES string of the molecule is CN(C)C(=O)N1CC2CC(CN(CC(O)COc3ccc(C#N)cc3)C2)C1. The third-order valence-electron chi connectivity index (χ3n) is 5.20. The van der Waals surface area contributed by atoms with Gasteiger partial charge in [0.15, 0.2) is 0 Å². The van der Waals surface area contributed by atoms with Crippen LogP contribution in [0.25, 0.3) is 0 Å². The predicted molar refractivity (Wildman–Crippen MR) is 101 cm³/mol. The standard InChI is InChI=1S/C20H28N4O3/c1-22(2)20(26)24-11-16-7-17(12-24)10-23(9-16)13-18(25)14-27-19-5-3-15(8-21)4-6-19/h3-6,16-18,25H,7,9-14H2,1-2H3. The number of likely N-dealkylation sites (tertiary alicyclic amines) is 2. The van der Waals surface area contributed by atoms with Gasteiger partial charge in [0, 0.05) is 46.8 Å². The summed E-state index contributed by atoms with van der Waals surface area (Å²) in [6.45, 7) is 4.20. The van der Waals surface area contributed by atoms with Crippen LogP contribution in [0.15, 0.2) is 24.3 Å². The maximum absolute atomic E-state index is 12.2. The van der Waals surface area contributed by atoms with Crippen LogP contribution < -0.4 is 4.74 Å². The number of hydrogen-bond acceptors (Lipinski definition) is 5. The van der Waals surface area contributed by atoms with Crippen molar-refractivity contribution in [3.8, 4) is 11.8 Å². The molecule has 7 heteroatoms. The number of aliphatic hydroxyl groups excluding tert-OH is 1. The zero-order chi connectivity index (χ0) is 19.4. The topological polar surface area (TPSA) is 80.0 Å². The second-order valence-corrected chi connectivity index (χ2v) is 7.87. The predicted octanol–water partition coefficient (Wildman–Crippen LogP) is 1.23. The molecule has 146 valence electrons. The van der Waals surface area contributed by atoms with Crippen LogP contribution in [0.1, 0.15) is 12.0 Å². The molecule has 0 saturated carbocycles. The summed E-state index contributed by atoms with van der Waals surface area (Å²) in [4.78, 5) is 18.1. The second-order valence-electron chi connectivity index (χ2n) is 7.87. The van der Waals surface area contributed by atoms with Crippen molar-refractivity contribution in [1.82, 2.24) is 14.7 Å². The van der Waals surface area contributed by atoms with E-state index in [9.17, 15) is 9.90 Å². The van der Waals surface area contributed by atoms with Crippen LogP contribution in [-0.2, 0) is 0 Å². The van der Waals surface area contributed by atoms with Crippen molar-refractivity contribution in [2.24, 2.45) is 11.8 Å². The Bertz CT molecular complexity index is 671. The highest BCUT2D eigenvalue weighted by molar-refractivity contribution is 5.74. The maximum Gasteiger partial charge on any atom is 0.319 e. The number of hydrogen-bond donors (Lipinski definition) is 1. The van der Waals surface area contributed by atoms with E-state index in [1.54, 1.807) is 43.3 Å². The maximum atomic E-state index is 12.2. The van der Waals surface area contributed by atoms with Crippen LogP contribution in [0.3, 0.4) is 0 Å². The van der Waals surface area contributed by atoms with Crippen LogP contribution in [0.5, 0.6) is 5.75 Å². The molecule has 7 nitrogen and oxygen atoms in total. The molecule has 2 amide bonds. The molecule has 1 N–H and O–H groups in total. The molecule has 2 bridgehead atoms. The van der Waals surface area contributed by atoms with Gasteiger partial charge in [-0.2, -0.15) is 5.26 Å². The number of nitrogens with zero attached hydrogens (tertiary/aromatic N) is 4. The first-order valence-electron chi connectivity index (χ1n) is 9.44. The average Bonchev–Trinajstić information content (AvgIpc) is 2.65. The van der Waals surface area contributed by atoms with Crippen LogP contribution in [-0.4, -0.2) is 85.4 Å². The Morgan fingerprint density at radius 3 is 2.44 bits per heavy atom. The third-order valence-corrected chi connectivity index (χ3v) is 5.20. The van der Waals surface area contributed by atoms with E-state index in [1.807, 2.05) is 4.90 Å². The average molecular weight is 372 g/mol. The first kappa shape index (κ1) is 19.5. The largest absolute Gasteiger partial charge is 0.491 e. The van der Waals surface area contributed by atoms with Gasteiger partial charge >= 0.3 is 6.03 Å². The van der Waals surface area contributed by atoms with Gasteiger partial charge in [0.05, 0.1) is 11.6 Å². The molecule has 27 heavy (non-hydrogen) atoms. The van der Waals surface area contributed by atoms with Crippen LogP contribution in [0.4, 0.5) is 4.79 Å². The fourth-order valence-electron chi connectivity index (χ4n) is 4.14. The molecule has 0 radical (unpaired) electrons. The van der Waals surface area contributed by atoms with Crippen molar-refractivity contribution in [3.63, 3.8) is 0 Å². The number of urea groups is 1. The van der Waals surface area contributed by atoms with Gasteiger partial charge in [-0.05, 0) is 42.5 Å². The van der Waals surface area contributed by atoms with Gasteiger partial charge in [0.1, 0.15) is 18.5 Å². The molecule has 0 aliphatic carbocycles. The van der Waals surface area contributed by atoms with E-state index in [1.165, 1.54) is 0 Å². The van der Waals surface area contributed by atoms with Gasteiger partial charge in [0.2, 0.25) is 0 Å². The van der Waals surface area contributed by atoms with E-state index < -0.39 is 6.10 Å². The molecule has 1 aromatic rings. The Balaban J connectivity index is 1.45. The molecule has 0 aromatic heterocycles. The first-order valence-corrected chi connectivity index (χ1v) is 9.44. The second kappa shape index (κ2) is 8.59. The van der Waals surface area contributed by atoms with Crippen LogP contribution in [0.2, 0.25) is 0 Å². The summed E-state index contributed by atoms with van der Waals surface area (Å²) in [6.07, 6.45) is 0.588. The van der Waals surface area contributed by atoms with E-state index in [0.29, 0.717) is 29.7 Å². The summed E-state index contributed by atoms with van der Waals surface area (Å²) >= 11 is 0. The van der Waals surface area contributed by atoms with Gasteiger partial charge in [-0.3, -0.25) is 4.90 Å². The lowest BCUT2D eigenvalue weighted by Gasteiger charge is -2.46. The van der Waals surface area contributed by atoms with Crippen molar-refractivity contribution in [1.29, 1.82) is 5.26 Å². The molecule has 0 spiro atoms. The lowest BCUT2D eigenvalue weighted by atomic mass is 9.84. The number of fused-ring (bicyclic) bond motifs is 2. The monoisotopic (exact) mass is 372 g/mol. The smallest absolute Gasteiger partial charge is 0.319 e. The summed E-state index contributed by atoms with van der Waals surface area (Å²) in [5.74, 6) is 1.59. The van der Waals surface area contributed by atoms with Gasteiger partial charge < -0.3 is 19.6 Å². The van der Waals surface area contributed by atoms with Crippen molar-refractivity contribution < 1.29 is 14.6 Å². The summed E-state index contributed by atoms with van der Waals surface area (Å²) in [6, 6.07) is 9.05. The summed E-state index contributed by atoms with van der Waals surface area (Å²) in [7, 11) is 3.59. The first-order chi connectivity index (χ1) is 12.9. The van der Waals surface area contributed by atoms with Crippen LogP contribution >= 0.6 is 0 Å². The lowest BCUT2D eigenvalue weighted by molar-refractivity contribution is 0.00674. The van der Waals surface area contributed by atoms with E-state index in [2.05, 4.69) is 11.0 Å². The number of carbonyl (C=O) groups excluding carboxylic acids is 1. The molecule has 1 aromatic carbocycles. The zero-order valence-electron chi connectivity index (χ0n) is 16.0. The molecule has 2 aliphatic rings. The molecule has 2 aliphatic heterocycles. The molecular formula is C20H28N4O3. The molecule has 3 unspecified atom stereocenters. The summed E-state index contributed by atoms with van der Waals surface area (Å²) in [5.41, 5.74) is 0.588. The lowest BCUT2D eigenvalue weighted by Crippen LogP contribution is -2.56. The number of nitriles is 1. The number of piperidine rings is 2. The fourth-order valence-corrected chi connectivity index (χ4v) is 4.14. The summed E-state index contributed by atoms with van der Waals surface area (Å²) < 4.78 is 5.63. The number of benzene rings is 1. The zero-order valence-corrected chi connectivity index (χ0v) is 16.0. The molecule has 3 rings (SSSR count). The quantitative estimate of drug-likeness (QED) is 0.841. The van der Waals surface area contributed by atoms with Crippen LogP contribution in [0, 0.1) is 23.2 Å². The molecule has 2 heterocycles. The number of β-amino-alcohol motifs (C(OH)–C–C–N with tert-alkyl or cyclic N) is 1. The van der Waals surface area contributed by atoms with E-state index in [4.69, 9.17) is 10.00 Å². The summed E-state index contributed by atoms with van der Waals surface area (Å²) in [5, 5.41) is 19.2. The number of aliphatic hydroxyl groups is 1. The molecular weight excluding hydrogens is 344 g/mol. The Labute approximate surface area is 160 Å². The highest BCUT2D eigenvalue weighted by atomic mass is 16.5. The van der Waals surface area contributed by atoms with Gasteiger partial charge in [-0.1, -0.05) is 0 Å². The van der Waals surface area contributed by atoms with E-state index in [0.717, 1.165) is 32.6 Å². The van der Waals surface area contributed by atoms with Crippen molar-refractivity contribution in [2.75, 3.05) is 53.4 Å². The molecule has 3 atom stereocenters. The third kappa shape index (κ3) is 5.12. The normalized spacial score (nSPS) is 23.4. The van der Waals surface area contributed by atoms with Gasteiger partial charge in [0.25, 0.3) is 0 Å². The van der Waals surface area contributed by atoms with E-state index >= 15 is 0 Å². The molecule has 2 fully saturated rings. The fraction of sp³-hybridized carbons (Fsp3) is 0.600. The number of ether oxygens (including phenoxy) is 1. The van der Waals surface area contributed by atoms with Crippen molar-refractivity contribution >= 4 is 6.03 Å². The van der Waals surface area contributed by atoms with E-state index in [-0.39, 0.29) is 12.6 Å². The number of carbonyl (C=O) groups is 1. The Morgan fingerprint density at radius 1 is 1.26 bits per heavy atom. The Kier molecular flexibility index (Phi) is 6.19. The van der Waals surface area contributed by atoms with Gasteiger partial charge in [-0.25, -0.2) is 4.79 Å². The number of rotatable bonds is 5. The Hall–Kier alpha value is -2.30. The highest BCUT2D eigenvalue weighted by Gasteiger charge is 2.36. The minimum absolute atomic E-state index is 0.0917. The minimum atomic E-state index is -0.570. The highest BCUT2D eigenvalue weighted by Crippen LogP contribution is 2.29.